The first-order chi connectivity index (χ1) is 18.2. The lowest BCUT2D eigenvalue weighted by atomic mass is 10.1. The molecule has 0 spiro atoms. The van der Waals surface area contributed by atoms with Gasteiger partial charge in [-0.05, 0) is 48.9 Å². The number of ether oxygens (including phenoxy) is 1. The molecule has 0 aliphatic carbocycles. The Hall–Kier alpha value is -4.97. The van der Waals surface area contributed by atoms with Crippen molar-refractivity contribution in [1.29, 1.82) is 0 Å². The van der Waals surface area contributed by atoms with Crippen LogP contribution in [0.15, 0.2) is 120 Å². The highest BCUT2D eigenvalue weighted by Gasteiger charge is 2.11. The predicted molar refractivity (Wildman–Crippen MR) is 146 cm³/mol. The largest absolute Gasteiger partial charge is 0.489 e. The number of hydrogen-bond acceptors (Lipinski definition) is 4. The van der Waals surface area contributed by atoms with Crippen LogP contribution in [0, 0.1) is 6.92 Å². The molecule has 0 atom stereocenters. The zero-order valence-electron chi connectivity index (χ0n) is 20.4. The SMILES string of the molecule is Cc1ccc(COc2ccc(C(=O)N/N=C\c3cn(-c4ccccc4)nc3-c3ccccc3)cc2)cc1. The zero-order chi connectivity index (χ0) is 25.5. The van der Waals surface area contributed by atoms with Crippen LogP contribution in [-0.2, 0) is 6.61 Å². The van der Waals surface area contributed by atoms with Gasteiger partial charge >= 0.3 is 0 Å². The number of carbonyl (C=O) groups excluding carboxylic acids is 1. The van der Waals surface area contributed by atoms with Crippen molar-refractivity contribution in [2.24, 2.45) is 5.10 Å². The van der Waals surface area contributed by atoms with Gasteiger partial charge in [0.15, 0.2) is 0 Å². The Morgan fingerprint density at radius 1 is 0.892 bits per heavy atom. The summed E-state index contributed by atoms with van der Waals surface area (Å²) in [6.45, 7) is 2.52. The molecule has 5 rings (SSSR count). The lowest BCUT2D eigenvalue weighted by Gasteiger charge is -2.07. The van der Waals surface area contributed by atoms with Crippen molar-refractivity contribution in [2.45, 2.75) is 13.5 Å². The number of benzene rings is 4. The molecule has 1 heterocycles. The maximum atomic E-state index is 12.7. The van der Waals surface area contributed by atoms with Crippen LogP contribution in [0.3, 0.4) is 0 Å². The minimum atomic E-state index is -0.307. The smallest absolute Gasteiger partial charge is 0.271 e. The summed E-state index contributed by atoms with van der Waals surface area (Å²) < 4.78 is 7.64. The summed E-state index contributed by atoms with van der Waals surface area (Å²) in [7, 11) is 0. The van der Waals surface area contributed by atoms with E-state index < -0.39 is 0 Å². The second-order valence-electron chi connectivity index (χ2n) is 8.58. The van der Waals surface area contributed by atoms with Crippen LogP contribution in [0.25, 0.3) is 16.9 Å². The first-order valence-corrected chi connectivity index (χ1v) is 12.0. The van der Waals surface area contributed by atoms with Crippen molar-refractivity contribution < 1.29 is 9.53 Å². The van der Waals surface area contributed by atoms with E-state index in [1.807, 2.05) is 79.0 Å². The molecule has 6 nitrogen and oxygen atoms in total. The number of aromatic nitrogens is 2. The fourth-order valence-corrected chi connectivity index (χ4v) is 3.79. The molecule has 0 bridgehead atoms. The molecule has 6 heteroatoms. The minimum absolute atomic E-state index is 0.307. The quantitative estimate of drug-likeness (QED) is 0.210. The van der Waals surface area contributed by atoms with Crippen LogP contribution in [0.1, 0.15) is 27.0 Å². The van der Waals surface area contributed by atoms with E-state index in [1.54, 1.807) is 35.2 Å². The summed E-state index contributed by atoms with van der Waals surface area (Å²) in [6, 6.07) is 35.0. The standard InChI is InChI=1S/C31H26N4O2/c1-23-12-14-24(15-13-23)22-37-29-18-16-26(17-19-29)31(36)33-32-20-27-21-35(28-10-6-3-7-11-28)34-30(27)25-8-4-2-5-9-25/h2-21H,22H2,1H3,(H,33,36)/b32-20-. The Labute approximate surface area is 215 Å². The molecular weight excluding hydrogens is 460 g/mol. The maximum absolute atomic E-state index is 12.7. The van der Waals surface area contributed by atoms with Gasteiger partial charge in [-0.3, -0.25) is 4.79 Å². The van der Waals surface area contributed by atoms with Gasteiger partial charge in [0, 0.05) is 22.9 Å². The molecule has 0 saturated carbocycles. The van der Waals surface area contributed by atoms with E-state index in [1.165, 1.54) is 5.56 Å². The molecule has 0 aliphatic heterocycles. The highest BCUT2D eigenvalue weighted by Crippen LogP contribution is 2.22. The van der Waals surface area contributed by atoms with E-state index in [0.717, 1.165) is 28.1 Å². The van der Waals surface area contributed by atoms with Crippen molar-refractivity contribution in [1.82, 2.24) is 15.2 Å². The first-order valence-electron chi connectivity index (χ1n) is 12.0. The Bertz CT molecular complexity index is 1490. The Morgan fingerprint density at radius 2 is 1.57 bits per heavy atom. The van der Waals surface area contributed by atoms with E-state index in [0.29, 0.717) is 17.9 Å². The second-order valence-corrected chi connectivity index (χ2v) is 8.58. The van der Waals surface area contributed by atoms with Crippen molar-refractivity contribution in [3.8, 4) is 22.7 Å². The second kappa shape index (κ2) is 11.2. The van der Waals surface area contributed by atoms with E-state index in [2.05, 4.69) is 29.6 Å². The van der Waals surface area contributed by atoms with Crippen molar-refractivity contribution in [2.75, 3.05) is 0 Å². The monoisotopic (exact) mass is 486 g/mol. The Morgan fingerprint density at radius 3 is 2.27 bits per heavy atom. The Balaban J connectivity index is 1.26. The average Bonchev–Trinajstić information content (AvgIpc) is 3.38. The highest BCUT2D eigenvalue weighted by atomic mass is 16.5. The molecule has 5 aromatic rings. The van der Waals surface area contributed by atoms with Crippen molar-refractivity contribution >= 4 is 12.1 Å². The Kier molecular flexibility index (Phi) is 7.18. The third-order valence-electron chi connectivity index (χ3n) is 5.82. The number of nitrogens with zero attached hydrogens (tertiary/aromatic N) is 3. The zero-order valence-corrected chi connectivity index (χ0v) is 20.4. The minimum Gasteiger partial charge on any atom is -0.489 e. The summed E-state index contributed by atoms with van der Waals surface area (Å²) in [5, 5.41) is 8.97. The summed E-state index contributed by atoms with van der Waals surface area (Å²) in [4.78, 5) is 12.7. The van der Waals surface area contributed by atoms with Crippen molar-refractivity contribution in [3.05, 3.63) is 138 Å². The van der Waals surface area contributed by atoms with Gasteiger partial charge < -0.3 is 4.74 Å². The molecule has 0 aliphatic rings. The molecule has 4 aromatic carbocycles. The number of hydrogen-bond donors (Lipinski definition) is 1. The molecule has 37 heavy (non-hydrogen) atoms. The number of para-hydroxylation sites is 1. The number of hydrazone groups is 1. The maximum Gasteiger partial charge on any atom is 0.271 e. The number of carbonyl (C=O) groups is 1. The highest BCUT2D eigenvalue weighted by molar-refractivity contribution is 5.95. The van der Waals surface area contributed by atoms with Crippen molar-refractivity contribution in [3.63, 3.8) is 0 Å². The lowest BCUT2D eigenvalue weighted by Crippen LogP contribution is -2.17. The molecule has 1 N–H and O–H groups in total. The van der Waals surface area contributed by atoms with E-state index in [-0.39, 0.29) is 5.91 Å². The normalized spacial score (nSPS) is 10.9. The molecule has 1 aromatic heterocycles. The lowest BCUT2D eigenvalue weighted by molar-refractivity contribution is 0.0955. The third-order valence-corrected chi connectivity index (χ3v) is 5.82. The summed E-state index contributed by atoms with van der Waals surface area (Å²) in [5.74, 6) is 0.388. The summed E-state index contributed by atoms with van der Waals surface area (Å²) in [5.41, 5.74) is 8.87. The van der Waals surface area contributed by atoms with Crippen LogP contribution in [0.5, 0.6) is 5.75 Å². The molecule has 182 valence electrons. The van der Waals surface area contributed by atoms with Crippen LogP contribution < -0.4 is 10.2 Å². The third kappa shape index (κ3) is 6.00. The summed E-state index contributed by atoms with van der Waals surface area (Å²) in [6.07, 6.45) is 3.51. The van der Waals surface area contributed by atoms with E-state index in [4.69, 9.17) is 9.84 Å². The number of rotatable bonds is 8. The molecule has 0 saturated heterocycles. The number of amides is 1. The first kappa shape index (κ1) is 23.8. The van der Waals surface area contributed by atoms with Gasteiger partial charge in [-0.25, -0.2) is 10.1 Å². The number of aryl methyl sites for hydroxylation is 1. The van der Waals surface area contributed by atoms with Gasteiger partial charge in [-0.2, -0.15) is 10.2 Å². The fraction of sp³-hybridized carbons (Fsp3) is 0.0645. The molecular formula is C31H26N4O2. The molecule has 0 unspecified atom stereocenters. The van der Waals surface area contributed by atoms with Gasteiger partial charge in [0.2, 0.25) is 0 Å². The van der Waals surface area contributed by atoms with Crippen LogP contribution in [0.2, 0.25) is 0 Å². The van der Waals surface area contributed by atoms with E-state index in [9.17, 15) is 4.79 Å². The summed E-state index contributed by atoms with van der Waals surface area (Å²) >= 11 is 0. The molecule has 0 radical (unpaired) electrons. The van der Waals surface area contributed by atoms with Crippen LogP contribution in [-0.4, -0.2) is 21.9 Å². The van der Waals surface area contributed by atoms with Gasteiger partial charge in [-0.1, -0.05) is 78.4 Å². The van der Waals surface area contributed by atoms with Gasteiger partial charge in [0.25, 0.3) is 5.91 Å². The topological polar surface area (TPSA) is 68.5 Å². The average molecular weight is 487 g/mol. The molecule has 0 fully saturated rings. The molecule has 1 amide bonds. The van der Waals surface area contributed by atoms with Crippen LogP contribution >= 0.6 is 0 Å². The van der Waals surface area contributed by atoms with Gasteiger partial charge in [-0.15, -0.1) is 0 Å². The van der Waals surface area contributed by atoms with Crippen LogP contribution in [0.4, 0.5) is 0 Å². The number of nitrogens with one attached hydrogen (secondary N) is 1. The van der Waals surface area contributed by atoms with Gasteiger partial charge in [0.1, 0.15) is 18.1 Å². The van der Waals surface area contributed by atoms with E-state index >= 15 is 0 Å². The predicted octanol–water partition coefficient (Wildman–Crippen LogP) is 6.19. The van der Waals surface area contributed by atoms with Gasteiger partial charge in [0.05, 0.1) is 11.9 Å². The fourth-order valence-electron chi connectivity index (χ4n) is 3.79.